The largest absolute Gasteiger partial charge is 0.492 e. The molecule has 0 atom stereocenters. The maximum atomic E-state index is 5.81. The van der Waals surface area contributed by atoms with Crippen molar-refractivity contribution < 1.29 is 4.74 Å². The average Bonchev–Trinajstić information content (AvgIpc) is 3.34. The molecule has 0 aliphatic carbocycles. The van der Waals surface area contributed by atoms with Gasteiger partial charge >= 0.3 is 0 Å². The molecular formula is C24H28BrN7O. The highest BCUT2D eigenvalue weighted by Crippen LogP contribution is 2.26. The molecule has 0 amide bonds. The number of hydrogen-bond donors (Lipinski definition) is 2. The summed E-state index contributed by atoms with van der Waals surface area (Å²) in [6.07, 6.45) is 4.00. The maximum Gasteiger partial charge on any atom is 0.250 e. The number of halogens is 1. The molecule has 172 valence electrons. The predicted molar refractivity (Wildman–Crippen MR) is 137 cm³/mol. The van der Waals surface area contributed by atoms with Gasteiger partial charge < -0.3 is 15.0 Å². The van der Waals surface area contributed by atoms with Gasteiger partial charge in [-0.25, -0.2) is 5.43 Å². The van der Waals surface area contributed by atoms with Crippen molar-refractivity contribution in [1.82, 2.24) is 15.0 Å². The lowest BCUT2D eigenvalue weighted by Crippen LogP contribution is -2.21. The van der Waals surface area contributed by atoms with Gasteiger partial charge in [-0.2, -0.15) is 20.1 Å². The molecule has 2 aromatic carbocycles. The third kappa shape index (κ3) is 6.64. The summed E-state index contributed by atoms with van der Waals surface area (Å²) in [6.45, 7) is 6.80. The van der Waals surface area contributed by atoms with E-state index in [4.69, 9.17) is 4.74 Å². The van der Waals surface area contributed by atoms with Crippen LogP contribution in [0.2, 0.25) is 0 Å². The lowest BCUT2D eigenvalue weighted by atomic mass is 10.2. The van der Waals surface area contributed by atoms with E-state index in [0.29, 0.717) is 30.4 Å². The Morgan fingerprint density at radius 2 is 1.82 bits per heavy atom. The van der Waals surface area contributed by atoms with E-state index in [1.807, 2.05) is 48.5 Å². The first-order chi connectivity index (χ1) is 16.1. The Hall–Kier alpha value is -3.20. The van der Waals surface area contributed by atoms with Crippen LogP contribution in [0, 0.1) is 5.92 Å². The summed E-state index contributed by atoms with van der Waals surface area (Å²) in [5.41, 5.74) is 4.78. The first kappa shape index (κ1) is 23.0. The van der Waals surface area contributed by atoms with Crippen LogP contribution in [0.15, 0.2) is 58.1 Å². The first-order valence-corrected chi connectivity index (χ1v) is 11.9. The van der Waals surface area contributed by atoms with E-state index in [-0.39, 0.29) is 0 Å². The molecule has 1 fully saturated rings. The first-order valence-electron chi connectivity index (χ1n) is 11.1. The van der Waals surface area contributed by atoms with Gasteiger partial charge in [0.15, 0.2) is 0 Å². The second-order valence-electron chi connectivity index (χ2n) is 8.23. The summed E-state index contributed by atoms with van der Waals surface area (Å²) in [5, 5.41) is 7.59. The lowest BCUT2D eigenvalue weighted by molar-refractivity contribution is 0.269. The maximum absolute atomic E-state index is 5.81. The van der Waals surface area contributed by atoms with Gasteiger partial charge in [0, 0.05) is 18.8 Å². The fraction of sp³-hybridized carbons (Fsp3) is 0.333. The standard InChI is InChI=1S/C24H28BrN7O/c1-17(2)16-33-21-11-10-18(14-20(21)25)15-26-31-23-28-22(27-19-8-4-3-5-9-19)29-24(30-23)32-12-6-7-13-32/h3-5,8-11,14-15,17H,6-7,12-13,16H2,1-2H3,(H2,27,28,29,30,31)/b26-15-. The molecule has 0 unspecified atom stereocenters. The van der Waals surface area contributed by atoms with Crippen LogP contribution in [0.3, 0.4) is 0 Å². The van der Waals surface area contributed by atoms with Crippen molar-refractivity contribution in [2.75, 3.05) is 35.3 Å². The van der Waals surface area contributed by atoms with Crippen LogP contribution in [0.25, 0.3) is 0 Å². The minimum atomic E-state index is 0.387. The van der Waals surface area contributed by atoms with Crippen LogP contribution in [-0.2, 0) is 0 Å². The van der Waals surface area contributed by atoms with Gasteiger partial charge in [-0.1, -0.05) is 32.0 Å². The van der Waals surface area contributed by atoms with Crippen molar-refractivity contribution in [1.29, 1.82) is 0 Å². The number of hydrogen-bond acceptors (Lipinski definition) is 8. The zero-order valence-electron chi connectivity index (χ0n) is 18.8. The van der Waals surface area contributed by atoms with E-state index in [1.54, 1.807) is 6.21 Å². The van der Waals surface area contributed by atoms with Crippen LogP contribution in [0.5, 0.6) is 5.75 Å². The quantitative estimate of drug-likeness (QED) is 0.292. The molecule has 0 radical (unpaired) electrons. The number of anilines is 4. The molecule has 9 heteroatoms. The molecule has 4 rings (SSSR count). The van der Waals surface area contributed by atoms with Crippen molar-refractivity contribution in [2.45, 2.75) is 26.7 Å². The predicted octanol–water partition coefficient (Wildman–Crippen LogP) is 5.46. The highest BCUT2D eigenvalue weighted by atomic mass is 79.9. The van der Waals surface area contributed by atoms with Gasteiger partial charge in [0.1, 0.15) is 5.75 Å². The fourth-order valence-electron chi connectivity index (χ4n) is 3.32. The smallest absolute Gasteiger partial charge is 0.250 e. The molecule has 1 aliphatic rings. The van der Waals surface area contributed by atoms with Crippen molar-refractivity contribution in [3.63, 3.8) is 0 Å². The Kier molecular flexibility index (Phi) is 7.72. The van der Waals surface area contributed by atoms with Gasteiger partial charge in [-0.3, -0.25) is 0 Å². The second kappa shape index (κ2) is 11.1. The summed E-state index contributed by atoms with van der Waals surface area (Å²) >= 11 is 3.57. The molecule has 1 aromatic heterocycles. The van der Waals surface area contributed by atoms with Gasteiger partial charge in [0.25, 0.3) is 0 Å². The van der Waals surface area contributed by atoms with Crippen molar-refractivity contribution in [2.24, 2.45) is 11.0 Å². The van der Waals surface area contributed by atoms with Crippen LogP contribution >= 0.6 is 15.9 Å². The molecule has 0 saturated carbocycles. The van der Waals surface area contributed by atoms with Gasteiger partial charge in [0.2, 0.25) is 17.8 Å². The fourth-order valence-corrected chi connectivity index (χ4v) is 3.83. The van der Waals surface area contributed by atoms with E-state index in [0.717, 1.165) is 47.4 Å². The van der Waals surface area contributed by atoms with Crippen molar-refractivity contribution in [3.8, 4) is 5.75 Å². The summed E-state index contributed by atoms with van der Waals surface area (Å²) in [5.74, 6) is 2.79. The molecule has 0 spiro atoms. The molecule has 8 nitrogen and oxygen atoms in total. The molecular weight excluding hydrogens is 482 g/mol. The number of ether oxygens (including phenoxy) is 1. The Labute approximate surface area is 202 Å². The lowest BCUT2D eigenvalue weighted by Gasteiger charge is -2.16. The van der Waals surface area contributed by atoms with Crippen molar-refractivity contribution in [3.05, 3.63) is 58.6 Å². The number of nitrogens with zero attached hydrogens (tertiary/aromatic N) is 5. The van der Waals surface area contributed by atoms with Crippen LogP contribution in [0.4, 0.5) is 23.5 Å². The Morgan fingerprint density at radius 1 is 1.06 bits per heavy atom. The van der Waals surface area contributed by atoms with E-state index >= 15 is 0 Å². The zero-order chi connectivity index (χ0) is 23.0. The second-order valence-corrected chi connectivity index (χ2v) is 9.09. The number of hydrazone groups is 1. The minimum absolute atomic E-state index is 0.387. The number of para-hydroxylation sites is 1. The molecule has 33 heavy (non-hydrogen) atoms. The SMILES string of the molecule is CC(C)COc1ccc(/C=N\Nc2nc(Nc3ccccc3)nc(N3CCCC3)n2)cc1Br. The number of nitrogens with one attached hydrogen (secondary N) is 2. The molecule has 3 aromatic rings. The molecule has 2 heterocycles. The monoisotopic (exact) mass is 509 g/mol. The van der Waals surface area contributed by atoms with E-state index in [2.05, 4.69) is 65.5 Å². The summed E-state index contributed by atoms with van der Waals surface area (Å²) in [7, 11) is 0. The van der Waals surface area contributed by atoms with Crippen molar-refractivity contribution >= 4 is 45.7 Å². The van der Waals surface area contributed by atoms with Gasteiger partial charge in [0.05, 0.1) is 17.3 Å². The highest BCUT2D eigenvalue weighted by molar-refractivity contribution is 9.10. The van der Waals surface area contributed by atoms with Crippen LogP contribution in [0.1, 0.15) is 32.3 Å². The normalized spacial score (nSPS) is 13.6. The summed E-state index contributed by atoms with van der Waals surface area (Å²) in [4.78, 5) is 15.8. The summed E-state index contributed by atoms with van der Waals surface area (Å²) < 4.78 is 6.69. The highest BCUT2D eigenvalue weighted by Gasteiger charge is 2.17. The van der Waals surface area contributed by atoms with Gasteiger partial charge in [-0.05, 0) is 70.6 Å². The minimum Gasteiger partial charge on any atom is -0.492 e. The van der Waals surface area contributed by atoms with E-state index in [1.165, 1.54) is 0 Å². The number of benzene rings is 2. The average molecular weight is 510 g/mol. The van der Waals surface area contributed by atoms with Crippen LogP contribution in [-0.4, -0.2) is 40.9 Å². The molecule has 2 N–H and O–H groups in total. The number of aromatic nitrogens is 3. The molecule has 1 aliphatic heterocycles. The third-order valence-corrected chi connectivity index (χ3v) is 5.57. The molecule has 1 saturated heterocycles. The third-order valence-electron chi connectivity index (χ3n) is 4.95. The molecule has 0 bridgehead atoms. The Bertz CT molecular complexity index is 1090. The van der Waals surface area contributed by atoms with E-state index in [9.17, 15) is 0 Å². The van der Waals surface area contributed by atoms with Crippen LogP contribution < -0.4 is 20.4 Å². The zero-order valence-corrected chi connectivity index (χ0v) is 20.4. The number of rotatable bonds is 9. The Morgan fingerprint density at radius 3 is 2.55 bits per heavy atom. The van der Waals surface area contributed by atoms with E-state index < -0.39 is 0 Å². The summed E-state index contributed by atoms with van der Waals surface area (Å²) in [6, 6.07) is 15.7. The topological polar surface area (TPSA) is 87.6 Å². The Balaban J connectivity index is 1.48. The van der Waals surface area contributed by atoms with Gasteiger partial charge in [-0.15, -0.1) is 0 Å².